The molecule has 0 aliphatic rings. The van der Waals surface area contributed by atoms with Crippen molar-refractivity contribution >= 4 is 5.97 Å². The third kappa shape index (κ3) is 4.29. The molecule has 25 heavy (non-hydrogen) atoms. The predicted molar refractivity (Wildman–Crippen MR) is 95.0 cm³/mol. The smallest absolute Gasteiger partial charge is 0.343 e. The fourth-order valence-electron chi connectivity index (χ4n) is 2.48. The molecule has 126 valence electrons. The Morgan fingerprint density at radius 1 is 1.00 bits per heavy atom. The minimum Gasteiger partial charge on any atom is -0.423 e. The van der Waals surface area contributed by atoms with Crippen LogP contribution in [0.4, 0.5) is 4.39 Å². The molecule has 0 unspecified atom stereocenters. The van der Waals surface area contributed by atoms with Crippen LogP contribution in [0.2, 0.25) is 0 Å². The number of hydrogen-bond donors (Lipinski definition) is 0. The molecule has 0 amide bonds. The Morgan fingerprint density at radius 2 is 1.72 bits per heavy atom. The molecule has 1 aromatic heterocycles. The molecule has 0 aliphatic carbocycles. The first kappa shape index (κ1) is 16.8. The summed E-state index contributed by atoms with van der Waals surface area (Å²) in [6.45, 7) is 2.14. The maximum atomic E-state index is 12.9. The van der Waals surface area contributed by atoms with Gasteiger partial charge in [0.05, 0.1) is 11.3 Å². The number of carbonyl (C=O) groups excluding carboxylic acids is 1. The minimum absolute atomic E-state index is 0.309. The first-order chi connectivity index (χ1) is 12.2. The number of hydrogen-bond acceptors (Lipinski definition) is 3. The van der Waals surface area contributed by atoms with Gasteiger partial charge in [0.25, 0.3) is 0 Å². The molecule has 3 aromatic rings. The summed E-state index contributed by atoms with van der Waals surface area (Å²) in [6.07, 6.45) is 3.99. The van der Waals surface area contributed by atoms with E-state index in [1.54, 1.807) is 12.1 Å². The molecule has 1 heterocycles. The van der Waals surface area contributed by atoms with Gasteiger partial charge in [0, 0.05) is 11.8 Å². The molecule has 0 N–H and O–H groups in total. The van der Waals surface area contributed by atoms with E-state index in [2.05, 4.69) is 18.0 Å². The van der Waals surface area contributed by atoms with Crippen molar-refractivity contribution in [1.82, 2.24) is 4.98 Å². The third-order valence-corrected chi connectivity index (χ3v) is 3.80. The fraction of sp³-hybridized carbons (Fsp3) is 0.143. The highest BCUT2D eigenvalue weighted by molar-refractivity contribution is 5.91. The van der Waals surface area contributed by atoms with Crippen LogP contribution in [0.1, 0.15) is 29.3 Å². The Bertz CT molecular complexity index is 841. The predicted octanol–water partition coefficient (Wildman–Crippen LogP) is 5.06. The van der Waals surface area contributed by atoms with Crippen molar-refractivity contribution in [2.24, 2.45) is 0 Å². The summed E-state index contributed by atoms with van der Waals surface area (Å²) in [7, 11) is 0. The standard InChI is InChI=1S/C21H18FNO2/c1-2-3-15-4-13-20(23-14-15)16-5-7-17(8-6-16)21(24)25-19-11-9-18(22)10-12-19/h4-14H,2-3H2,1H3. The first-order valence-electron chi connectivity index (χ1n) is 8.19. The van der Waals surface area contributed by atoms with E-state index in [1.165, 1.54) is 29.8 Å². The van der Waals surface area contributed by atoms with Gasteiger partial charge in [-0.1, -0.05) is 31.5 Å². The van der Waals surface area contributed by atoms with Crippen molar-refractivity contribution in [2.75, 3.05) is 0 Å². The summed E-state index contributed by atoms with van der Waals surface area (Å²) in [4.78, 5) is 16.6. The van der Waals surface area contributed by atoms with E-state index < -0.39 is 5.97 Å². The summed E-state index contributed by atoms with van der Waals surface area (Å²) < 4.78 is 18.1. The van der Waals surface area contributed by atoms with Gasteiger partial charge in [-0.05, 0) is 54.4 Å². The molecule has 0 spiro atoms. The molecule has 2 aromatic carbocycles. The number of aryl methyl sites for hydroxylation is 1. The van der Waals surface area contributed by atoms with E-state index in [0.29, 0.717) is 11.3 Å². The highest BCUT2D eigenvalue weighted by Crippen LogP contribution is 2.19. The van der Waals surface area contributed by atoms with Gasteiger partial charge in [0.1, 0.15) is 11.6 Å². The summed E-state index contributed by atoms with van der Waals surface area (Å²) in [6, 6.07) is 16.5. The van der Waals surface area contributed by atoms with Crippen molar-refractivity contribution in [3.05, 3.63) is 83.8 Å². The minimum atomic E-state index is -0.482. The fourth-order valence-corrected chi connectivity index (χ4v) is 2.48. The maximum Gasteiger partial charge on any atom is 0.343 e. The molecular formula is C21H18FNO2. The molecule has 3 nitrogen and oxygen atoms in total. The van der Waals surface area contributed by atoms with Gasteiger partial charge in [0.15, 0.2) is 0 Å². The van der Waals surface area contributed by atoms with E-state index in [4.69, 9.17) is 4.74 Å². The number of benzene rings is 2. The Labute approximate surface area is 146 Å². The largest absolute Gasteiger partial charge is 0.423 e. The van der Waals surface area contributed by atoms with Gasteiger partial charge in [-0.15, -0.1) is 0 Å². The molecule has 0 atom stereocenters. The molecule has 0 saturated heterocycles. The molecular weight excluding hydrogens is 317 g/mol. The summed E-state index contributed by atoms with van der Waals surface area (Å²) in [5, 5.41) is 0. The van der Waals surface area contributed by atoms with Crippen molar-refractivity contribution in [3.63, 3.8) is 0 Å². The Hall–Kier alpha value is -3.01. The van der Waals surface area contributed by atoms with Gasteiger partial charge in [-0.2, -0.15) is 0 Å². The zero-order valence-corrected chi connectivity index (χ0v) is 13.9. The van der Waals surface area contributed by atoms with Crippen molar-refractivity contribution < 1.29 is 13.9 Å². The lowest BCUT2D eigenvalue weighted by molar-refractivity contribution is 0.0734. The summed E-state index contributed by atoms with van der Waals surface area (Å²) >= 11 is 0. The lowest BCUT2D eigenvalue weighted by Gasteiger charge is -2.06. The van der Waals surface area contributed by atoms with Gasteiger partial charge >= 0.3 is 5.97 Å². The number of pyridine rings is 1. The molecule has 0 saturated carbocycles. The van der Waals surface area contributed by atoms with E-state index >= 15 is 0 Å². The van der Waals surface area contributed by atoms with E-state index in [9.17, 15) is 9.18 Å². The topological polar surface area (TPSA) is 39.2 Å². The summed E-state index contributed by atoms with van der Waals surface area (Å²) in [5.74, 6) is -0.547. The van der Waals surface area contributed by atoms with Crippen LogP contribution < -0.4 is 4.74 Å². The number of carbonyl (C=O) groups is 1. The van der Waals surface area contributed by atoms with Gasteiger partial charge < -0.3 is 4.74 Å². The molecule has 3 rings (SSSR count). The van der Waals surface area contributed by atoms with Crippen LogP contribution >= 0.6 is 0 Å². The first-order valence-corrected chi connectivity index (χ1v) is 8.19. The number of rotatable bonds is 5. The quantitative estimate of drug-likeness (QED) is 0.483. The van der Waals surface area contributed by atoms with Crippen molar-refractivity contribution in [1.29, 1.82) is 0 Å². The van der Waals surface area contributed by atoms with E-state index in [1.807, 2.05) is 24.4 Å². The molecule has 0 bridgehead atoms. The lowest BCUT2D eigenvalue weighted by Crippen LogP contribution is -2.08. The average Bonchev–Trinajstić information content (AvgIpc) is 2.65. The normalized spacial score (nSPS) is 10.5. The van der Waals surface area contributed by atoms with Gasteiger partial charge in [0.2, 0.25) is 0 Å². The van der Waals surface area contributed by atoms with E-state index in [0.717, 1.165) is 24.1 Å². The lowest BCUT2D eigenvalue weighted by atomic mass is 10.1. The zero-order chi connectivity index (χ0) is 17.6. The SMILES string of the molecule is CCCc1ccc(-c2ccc(C(=O)Oc3ccc(F)cc3)cc2)nc1. The number of halogens is 1. The second kappa shape index (κ2) is 7.71. The number of aromatic nitrogens is 1. The summed E-state index contributed by atoms with van der Waals surface area (Å²) in [5.41, 5.74) is 3.43. The zero-order valence-electron chi connectivity index (χ0n) is 13.9. The molecule has 0 radical (unpaired) electrons. The Kier molecular flexibility index (Phi) is 5.19. The van der Waals surface area contributed by atoms with Gasteiger partial charge in [-0.25, -0.2) is 9.18 Å². The maximum absolute atomic E-state index is 12.9. The monoisotopic (exact) mass is 335 g/mol. The number of esters is 1. The van der Waals surface area contributed by atoms with Crippen molar-refractivity contribution in [3.8, 4) is 17.0 Å². The highest BCUT2D eigenvalue weighted by atomic mass is 19.1. The van der Waals surface area contributed by atoms with Crippen LogP contribution in [0, 0.1) is 5.82 Å². The van der Waals surface area contributed by atoms with Crippen molar-refractivity contribution in [2.45, 2.75) is 19.8 Å². The highest BCUT2D eigenvalue weighted by Gasteiger charge is 2.09. The van der Waals surface area contributed by atoms with Crippen LogP contribution in [-0.2, 0) is 6.42 Å². The molecule has 0 fully saturated rings. The Morgan fingerprint density at radius 3 is 2.32 bits per heavy atom. The third-order valence-electron chi connectivity index (χ3n) is 3.80. The number of ether oxygens (including phenoxy) is 1. The van der Waals surface area contributed by atoms with Crippen LogP contribution in [-0.4, -0.2) is 11.0 Å². The van der Waals surface area contributed by atoms with Crippen LogP contribution in [0.15, 0.2) is 66.9 Å². The Balaban J connectivity index is 1.70. The molecule has 4 heteroatoms. The number of nitrogens with zero attached hydrogens (tertiary/aromatic N) is 1. The van der Waals surface area contributed by atoms with Crippen LogP contribution in [0.5, 0.6) is 5.75 Å². The van der Waals surface area contributed by atoms with Crippen LogP contribution in [0.25, 0.3) is 11.3 Å². The average molecular weight is 335 g/mol. The van der Waals surface area contributed by atoms with Gasteiger partial charge in [-0.3, -0.25) is 4.98 Å². The van der Waals surface area contributed by atoms with Crippen LogP contribution in [0.3, 0.4) is 0 Å². The second-order valence-corrected chi connectivity index (χ2v) is 5.72. The second-order valence-electron chi connectivity index (χ2n) is 5.72. The molecule has 0 aliphatic heterocycles. The van der Waals surface area contributed by atoms with E-state index in [-0.39, 0.29) is 5.82 Å².